The molecule has 1 aliphatic rings. The largest absolute Gasteiger partial charge is 0.468 e. The predicted octanol–water partition coefficient (Wildman–Crippen LogP) is 3.09. The standard InChI is InChI=1S/C19H25N3O3S/c1-13-7-6-8-14(2)22(13)17(23)11-21-16-10-5-4-9-15(16)20-19(21)26-12-18(24)25-3/h4-5,9-10,13-14H,6-8,11-12H2,1-3H3/t13-,14-/m0/s1. The molecule has 1 aromatic carbocycles. The summed E-state index contributed by atoms with van der Waals surface area (Å²) in [4.78, 5) is 31.2. The molecule has 140 valence electrons. The molecular weight excluding hydrogens is 350 g/mol. The van der Waals surface area contributed by atoms with Crippen LogP contribution in [0.2, 0.25) is 0 Å². The highest BCUT2D eigenvalue weighted by atomic mass is 32.2. The molecule has 0 spiro atoms. The molecule has 6 nitrogen and oxygen atoms in total. The van der Waals surface area contributed by atoms with Crippen molar-refractivity contribution < 1.29 is 14.3 Å². The van der Waals surface area contributed by atoms with Gasteiger partial charge in [-0.05, 0) is 45.2 Å². The van der Waals surface area contributed by atoms with Crippen molar-refractivity contribution in [1.29, 1.82) is 0 Å². The summed E-state index contributed by atoms with van der Waals surface area (Å²) < 4.78 is 6.63. The molecule has 1 saturated heterocycles. The Morgan fingerprint density at radius 2 is 1.92 bits per heavy atom. The number of carbonyl (C=O) groups excluding carboxylic acids is 2. The molecule has 1 aliphatic heterocycles. The summed E-state index contributed by atoms with van der Waals surface area (Å²) in [5.74, 6) is -0.0316. The number of aromatic nitrogens is 2. The number of carbonyl (C=O) groups is 2. The number of methoxy groups -OCH3 is 1. The first-order valence-electron chi connectivity index (χ1n) is 8.97. The van der Waals surface area contributed by atoms with E-state index < -0.39 is 0 Å². The van der Waals surface area contributed by atoms with Gasteiger partial charge in [0, 0.05) is 12.1 Å². The Morgan fingerprint density at radius 1 is 1.23 bits per heavy atom. The second-order valence-electron chi connectivity index (χ2n) is 6.76. The van der Waals surface area contributed by atoms with Crippen molar-refractivity contribution >= 4 is 34.7 Å². The van der Waals surface area contributed by atoms with E-state index >= 15 is 0 Å². The monoisotopic (exact) mass is 375 g/mol. The number of amides is 1. The predicted molar refractivity (Wildman–Crippen MR) is 102 cm³/mol. The number of para-hydroxylation sites is 2. The van der Waals surface area contributed by atoms with Crippen molar-refractivity contribution in [3.05, 3.63) is 24.3 Å². The molecule has 0 bridgehead atoms. The topological polar surface area (TPSA) is 64.4 Å². The first-order valence-corrected chi connectivity index (χ1v) is 9.96. The van der Waals surface area contributed by atoms with E-state index in [0.717, 1.165) is 23.9 Å². The zero-order valence-electron chi connectivity index (χ0n) is 15.5. The van der Waals surface area contributed by atoms with E-state index in [9.17, 15) is 9.59 Å². The number of thioether (sulfide) groups is 1. The highest BCUT2D eigenvalue weighted by Gasteiger charge is 2.29. The van der Waals surface area contributed by atoms with Crippen LogP contribution in [-0.2, 0) is 20.9 Å². The summed E-state index contributed by atoms with van der Waals surface area (Å²) in [6.45, 7) is 4.47. The fraction of sp³-hybridized carbons (Fsp3) is 0.526. The van der Waals surface area contributed by atoms with Crippen molar-refractivity contribution in [2.45, 2.75) is 56.9 Å². The van der Waals surface area contributed by atoms with Gasteiger partial charge in [0.05, 0.1) is 23.9 Å². The van der Waals surface area contributed by atoms with Crippen LogP contribution in [0.25, 0.3) is 11.0 Å². The van der Waals surface area contributed by atoms with E-state index in [1.54, 1.807) is 0 Å². The van der Waals surface area contributed by atoms with E-state index in [2.05, 4.69) is 18.8 Å². The SMILES string of the molecule is COC(=O)CSc1nc2ccccc2n1CC(=O)N1[C@@H](C)CCC[C@@H]1C. The number of imidazole rings is 1. The van der Waals surface area contributed by atoms with Gasteiger partial charge in [-0.15, -0.1) is 0 Å². The van der Waals surface area contributed by atoms with E-state index in [1.165, 1.54) is 25.3 Å². The van der Waals surface area contributed by atoms with Gasteiger partial charge in [0.2, 0.25) is 5.91 Å². The lowest BCUT2D eigenvalue weighted by Crippen LogP contribution is -2.48. The molecule has 26 heavy (non-hydrogen) atoms. The Morgan fingerprint density at radius 3 is 2.62 bits per heavy atom. The van der Waals surface area contributed by atoms with Gasteiger partial charge in [-0.1, -0.05) is 23.9 Å². The molecule has 0 aliphatic carbocycles. The van der Waals surface area contributed by atoms with Crippen LogP contribution >= 0.6 is 11.8 Å². The first kappa shape index (κ1) is 18.8. The molecule has 1 amide bonds. The molecule has 0 N–H and O–H groups in total. The van der Waals surface area contributed by atoms with Crippen LogP contribution in [0.3, 0.4) is 0 Å². The minimum absolute atomic E-state index is 0.104. The lowest BCUT2D eigenvalue weighted by Gasteiger charge is -2.39. The zero-order valence-corrected chi connectivity index (χ0v) is 16.3. The summed E-state index contributed by atoms with van der Waals surface area (Å²) in [6.07, 6.45) is 3.26. The quantitative estimate of drug-likeness (QED) is 0.594. The first-order chi connectivity index (χ1) is 12.5. The van der Waals surface area contributed by atoms with Crippen LogP contribution in [0, 0.1) is 0 Å². The van der Waals surface area contributed by atoms with Crippen molar-refractivity contribution in [1.82, 2.24) is 14.5 Å². The zero-order chi connectivity index (χ0) is 18.7. The maximum absolute atomic E-state index is 13.1. The summed E-state index contributed by atoms with van der Waals surface area (Å²) in [5, 5.41) is 0.669. The molecule has 1 aromatic heterocycles. The van der Waals surface area contributed by atoms with Gasteiger partial charge in [0.1, 0.15) is 6.54 Å². The summed E-state index contributed by atoms with van der Waals surface area (Å²) in [6, 6.07) is 8.25. The van der Waals surface area contributed by atoms with E-state index in [-0.39, 0.29) is 36.3 Å². The molecule has 0 saturated carbocycles. The molecule has 2 atom stereocenters. The van der Waals surface area contributed by atoms with Gasteiger partial charge in [0.25, 0.3) is 0 Å². The van der Waals surface area contributed by atoms with Crippen LogP contribution in [0.15, 0.2) is 29.4 Å². The van der Waals surface area contributed by atoms with Gasteiger partial charge in [-0.3, -0.25) is 9.59 Å². The van der Waals surface area contributed by atoms with Crippen molar-refractivity contribution in [3.8, 4) is 0 Å². The van der Waals surface area contributed by atoms with Crippen LogP contribution < -0.4 is 0 Å². The number of likely N-dealkylation sites (tertiary alicyclic amines) is 1. The molecule has 0 unspecified atom stereocenters. The Hall–Kier alpha value is -2.02. The second kappa shape index (κ2) is 8.12. The molecule has 2 heterocycles. The number of rotatable bonds is 5. The molecule has 1 fully saturated rings. The van der Waals surface area contributed by atoms with E-state index in [1.807, 2.05) is 33.7 Å². The van der Waals surface area contributed by atoms with Gasteiger partial charge in [-0.2, -0.15) is 0 Å². The third kappa shape index (κ3) is 3.87. The lowest BCUT2D eigenvalue weighted by molar-refractivity contribution is -0.138. The van der Waals surface area contributed by atoms with Gasteiger partial charge < -0.3 is 14.2 Å². The van der Waals surface area contributed by atoms with Gasteiger partial charge in [0.15, 0.2) is 5.16 Å². The molecule has 0 radical (unpaired) electrons. The van der Waals surface area contributed by atoms with Gasteiger partial charge in [-0.25, -0.2) is 4.98 Å². The highest BCUT2D eigenvalue weighted by Crippen LogP contribution is 2.27. The van der Waals surface area contributed by atoms with Crippen molar-refractivity contribution in [2.24, 2.45) is 0 Å². The number of hydrogen-bond donors (Lipinski definition) is 0. The number of hydrogen-bond acceptors (Lipinski definition) is 5. The number of piperidine rings is 1. The van der Waals surface area contributed by atoms with Crippen molar-refractivity contribution in [2.75, 3.05) is 12.9 Å². The fourth-order valence-corrected chi connectivity index (χ4v) is 4.48. The van der Waals surface area contributed by atoms with Crippen LogP contribution in [-0.4, -0.2) is 51.3 Å². The number of nitrogens with zero attached hydrogens (tertiary/aromatic N) is 3. The number of ether oxygens (including phenoxy) is 1. The number of fused-ring (bicyclic) bond motifs is 1. The molecule has 7 heteroatoms. The van der Waals surface area contributed by atoms with E-state index in [0.29, 0.717) is 5.16 Å². The molecule has 3 rings (SSSR count). The Labute approximate surface area is 157 Å². The minimum Gasteiger partial charge on any atom is -0.468 e. The van der Waals surface area contributed by atoms with Crippen LogP contribution in [0.1, 0.15) is 33.1 Å². The lowest BCUT2D eigenvalue weighted by atomic mass is 9.97. The maximum Gasteiger partial charge on any atom is 0.316 e. The average molecular weight is 375 g/mol. The summed E-state index contributed by atoms with van der Waals surface area (Å²) in [7, 11) is 1.37. The minimum atomic E-state index is -0.307. The van der Waals surface area contributed by atoms with Crippen molar-refractivity contribution in [3.63, 3.8) is 0 Å². The number of benzene rings is 1. The highest BCUT2D eigenvalue weighted by molar-refractivity contribution is 7.99. The second-order valence-corrected chi connectivity index (χ2v) is 7.71. The Kier molecular flexibility index (Phi) is 5.86. The summed E-state index contributed by atoms with van der Waals surface area (Å²) in [5.41, 5.74) is 1.73. The summed E-state index contributed by atoms with van der Waals surface area (Å²) >= 11 is 1.30. The average Bonchev–Trinajstić information content (AvgIpc) is 2.97. The third-order valence-electron chi connectivity index (χ3n) is 4.94. The molecule has 2 aromatic rings. The smallest absolute Gasteiger partial charge is 0.316 e. The molecular formula is C19H25N3O3S. The third-order valence-corrected chi connectivity index (χ3v) is 5.89. The van der Waals surface area contributed by atoms with Crippen LogP contribution in [0.4, 0.5) is 0 Å². The van der Waals surface area contributed by atoms with Crippen LogP contribution in [0.5, 0.6) is 0 Å². The van der Waals surface area contributed by atoms with E-state index in [4.69, 9.17) is 4.74 Å². The maximum atomic E-state index is 13.1. The van der Waals surface area contributed by atoms with Gasteiger partial charge >= 0.3 is 5.97 Å². The normalized spacial score (nSPS) is 20.3. The number of esters is 1. The fourth-order valence-electron chi connectivity index (χ4n) is 3.63. The Bertz CT molecular complexity index is 794. The Balaban J connectivity index is 1.87.